The highest BCUT2D eigenvalue weighted by molar-refractivity contribution is 4.80. The van der Waals surface area contributed by atoms with E-state index in [1.165, 1.54) is 0 Å². The van der Waals surface area contributed by atoms with E-state index in [-0.39, 0.29) is 5.92 Å². The van der Waals surface area contributed by atoms with Gasteiger partial charge in [0, 0.05) is 5.92 Å². The molecule has 8 heavy (non-hydrogen) atoms. The second kappa shape index (κ2) is 3.64. The van der Waals surface area contributed by atoms with Crippen LogP contribution in [0, 0.1) is 5.92 Å². The zero-order valence-electron chi connectivity index (χ0n) is 5.17. The molecule has 0 aromatic heterocycles. The molecule has 0 aliphatic heterocycles. The van der Waals surface area contributed by atoms with E-state index in [2.05, 4.69) is 6.58 Å². The molecule has 2 nitrogen and oxygen atoms in total. The van der Waals surface area contributed by atoms with Gasteiger partial charge in [-0.3, -0.25) is 0 Å². The van der Waals surface area contributed by atoms with Crippen LogP contribution in [0.3, 0.4) is 0 Å². The fourth-order valence-electron chi connectivity index (χ4n) is 0.548. The Morgan fingerprint density at radius 1 is 1.88 bits per heavy atom. The van der Waals surface area contributed by atoms with Gasteiger partial charge in [0.2, 0.25) is 0 Å². The van der Waals surface area contributed by atoms with Crippen molar-refractivity contribution in [1.82, 2.24) is 0 Å². The van der Waals surface area contributed by atoms with Crippen molar-refractivity contribution in [2.24, 2.45) is 11.7 Å². The van der Waals surface area contributed by atoms with Crippen LogP contribution in [0.25, 0.3) is 0 Å². The summed E-state index contributed by atoms with van der Waals surface area (Å²) in [6.07, 6.45) is 1.78. The average Bonchev–Trinajstić information content (AvgIpc) is 1.69. The summed E-state index contributed by atoms with van der Waals surface area (Å²) in [5.74, 6) is 0.0509. The third kappa shape index (κ3) is 2.09. The van der Waals surface area contributed by atoms with Crippen molar-refractivity contribution in [3.63, 3.8) is 0 Å². The smallest absolute Gasteiger partial charge is 0.108 e. The first kappa shape index (κ1) is 7.66. The van der Waals surface area contributed by atoms with Gasteiger partial charge in [-0.15, -0.1) is 6.58 Å². The zero-order valence-corrected chi connectivity index (χ0v) is 5.17. The number of hydrogen-bond acceptors (Lipinski definition) is 2. The van der Waals surface area contributed by atoms with E-state index >= 15 is 0 Å². The van der Waals surface area contributed by atoms with Crippen molar-refractivity contribution in [2.45, 2.75) is 19.6 Å². The third-order valence-electron chi connectivity index (χ3n) is 1.21. The van der Waals surface area contributed by atoms with Gasteiger partial charge in [-0.1, -0.05) is 13.0 Å². The van der Waals surface area contributed by atoms with Gasteiger partial charge >= 0.3 is 0 Å². The Bertz CT molecular complexity index is 70.9. The molecule has 0 heterocycles. The fourth-order valence-corrected chi connectivity index (χ4v) is 0.548. The van der Waals surface area contributed by atoms with Crippen LogP contribution in [0.15, 0.2) is 12.7 Å². The maximum absolute atomic E-state index is 8.72. The number of aliphatic hydroxyl groups is 1. The fraction of sp³-hybridized carbons (Fsp3) is 0.667. The molecule has 0 spiro atoms. The number of hydrogen-bond donors (Lipinski definition) is 2. The van der Waals surface area contributed by atoms with Crippen LogP contribution in [0.2, 0.25) is 0 Å². The van der Waals surface area contributed by atoms with E-state index < -0.39 is 6.23 Å². The average molecular weight is 115 g/mol. The first-order valence-electron chi connectivity index (χ1n) is 2.78. The Balaban J connectivity index is 3.51. The van der Waals surface area contributed by atoms with Gasteiger partial charge < -0.3 is 10.8 Å². The maximum atomic E-state index is 8.72. The van der Waals surface area contributed by atoms with Crippen molar-refractivity contribution in [1.29, 1.82) is 0 Å². The molecule has 0 aromatic carbocycles. The van der Waals surface area contributed by atoms with Crippen molar-refractivity contribution in [2.75, 3.05) is 0 Å². The van der Waals surface area contributed by atoms with Crippen LogP contribution in [-0.4, -0.2) is 11.3 Å². The summed E-state index contributed by atoms with van der Waals surface area (Å²) in [7, 11) is 0. The molecule has 2 heteroatoms. The van der Waals surface area contributed by atoms with Crippen molar-refractivity contribution >= 4 is 0 Å². The highest BCUT2D eigenvalue weighted by Crippen LogP contribution is 2.04. The minimum Gasteiger partial charge on any atom is -0.378 e. The molecule has 0 rings (SSSR count). The highest BCUT2D eigenvalue weighted by atomic mass is 16.3. The lowest BCUT2D eigenvalue weighted by atomic mass is 10.1. The summed E-state index contributed by atoms with van der Waals surface area (Å²) in [5.41, 5.74) is 5.14. The third-order valence-corrected chi connectivity index (χ3v) is 1.21. The van der Waals surface area contributed by atoms with E-state index in [0.717, 1.165) is 6.42 Å². The number of nitrogens with two attached hydrogens (primary N) is 1. The quantitative estimate of drug-likeness (QED) is 0.415. The van der Waals surface area contributed by atoms with Crippen molar-refractivity contribution in [3.8, 4) is 0 Å². The lowest BCUT2D eigenvalue weighted by Gasteiger charge is -2.11. The predicted molar refractivity (Wildman–Crippen MR) is 34.2 cm³/mol. The van der Waals surface area contributed by atoms with Gasteiger partial charge in [0.05, 0.1) is 0 Å². The first-order chi connectivity index (χ1) is 3.72. The van der Waals surface area contributed by atoms with Gasteiger partial charge in [-0.25, -0.2) is 0 Å². The normalized spacial score (nSPS) is 17.4. The maximum Gasteiger partial charge on any atom is 0.108 e. The summed E-state index contributed by atoms with van der Waals surface area (Å²) in [4.78, 5) is 0. The molecule has 48 valence electrons. The molecule has 0 radical (unpaired) electrons. The number of rotatable bonds is 3. The lowest BCUT2D eigenvalue weighted by molar-refractivity contribution is 0.135. The molecule has 0 saturated heterocycles. The second-order valence-electron chi connectivity index (χ2n) is 1.80. The molecular weight excluding hydrogens is 102 g/mol. The van der Waals surface area contributed by atoms with E-state index in [1.54, 1.807) is 6.08 Å². The minimum absolute atomic E-state index is 0.0509. The van der Waals surface area contributed by atoms with E-state index in [0.29, 0.717) is 0 Å². The molecule has 0 aliphatic rings. The SMILES string of the molecule is C=CC(CC)C(N)O. The van der Waals surface area contributed by atoms with E-state index in [1.807, 2.05) is 6.92 Å². The van der Waals surface area contributed by atoms with Gasteiger partial charge in [0.25, 0.3) is 0 Å². The van der Waals surface area contributed by atoms with Crippen LogP contribution in [0.4, 0.5) is 0 Å². The Kier molecular flexibility index (Phi) is 3.48. The molecule has 2 atom stereocenters. The van der Waals surface area contributed by atoms with Crippen LogP contribution in [0.5, 0.6) is 0 Å². The van der Waals surface area contributed by atoms with E-state index in [9.17, 15) is 0 Å². The highest BCUT2D eigenvalue weighted by Gasteiger charge is 2.06. The molecular formula is C6H13NO. The van der Waals surface area contributed by atoms with Gasteiger partial charge in [0.1, 0.15) is 6.23 Å². The topological polar surface area (TPSA) is 46.2 Å². The molecule has 0 aromatic rings. The van der Waals surface area contributed by atoms with Crippen molar-refractivity contribution in [3.05, 3.63) is 12.7 Å². The summed E-state index contributed by atoms with van der Waals surface area (Å²) < 4.78 is 0. The summed E-state index contributed by atoms with van der Waals surface area (Å²) in [5, 5.41) is 8.72. The first-order valence-corrected chi connectivity index (χ1v) is 2.78. The molecule has 0 amide bonds. The van der Waals surface area contributed by atoms with E-state index in [4.69, 9.17) is 10.8 Å². The molecule has 2 unspecified atom stereocenters. The largest absolute Gasteiger partial charge is 0.378 e. The van der Waals surface area contributed by atoms with Crippen LogP contribution in [-0.2, 0) is 0 Å². The molecule has 0 bridgehead atoms. The van der Waals surface area contributed by atoms with Crippen LogP contribution >= 0.6 is 0 Å². The van der Waals surface area contributed by atoms with Gasteiger partial charge in [-0.05, 0) is 6.42 Å². The molecule has 0 aliphatic carbocycles. The predicted octanol–water partition coefficient (Wildman–Crippen LogP) is 0.476. The lowest BCUT2D eigenvalue weighted by Crippen LogP contribution is -2.27. The Labute approximate surface area is 50.0 Å². The second-order valence-corrected chi connectivity index (χ2v) is 1.80. The summed E-state index contributed by atoms with van der Waals surface area (Å²) >= 11 is 0. The van der Waals surface area contributed by atoms with Gasteiger partial charge in [0.15, 0.2) is 0 Å². The Morgan fingerprint density at radius 3 is 2.38 bits per heavy atom. The summed E-state index contributed by atoms with van der Waals surface area (Å²) in [6.45, 7) is 5.47. The van der Waals surface area contributed by atoms with Gasteiger partial charge in [-0.2, -0.15) is 0 Å². The number of aliphatic hydroxyl groups excluding tert-OH is 1. The molecule has 3 N–H and O–H groups in total. The standard InChI is InChI=1S/C6H13NO/c1-3-5(4-2)6(7)8/h3,5-6,8H,1,4,7H2,2H3. The summed E-state index contributed by atoms with van der Waals surface area (Å²) in [6, 6.07) is 0. The van der Waals surface area contributed by atoms with Crippen molar-refractivity contribution < 1.29 is 5.11 Å². The molecule has 0 saturated carbocycles. The Morgan fingerprint density at radius 2 is 2.38 bits per heavy atom. The molecule has 0 fully saturated rings. The monoisotopic (exact) mass is 115 g/mol. The van der Waals surface area contributed by atoms with Crippen LogP contribution in [0.1, 0.15) is 13.3 Å². The Hall–Kier alpha value is -0.340. The minimum atomic E-state index is -0.738. The zero-order chi connectivity index (χ0) is 6.57. The van der Waals surface area contributed by atoms with Crippen LogP contribution < -0.4 is 5.73 Å².